The predicted octanol–water partition coefficient (Wildman–Crippen LogP) is -1.24. The van der Waals surface area contributed by atoms with Gasteiger partial charge in [0, 0.05) is 26.1 Å². The Morgan fingerprint density at radius 2 is 1.93 bits per heavy atom. The summed E-state index contributed by atoms with van der Waals surface area (Å²) in [5, 5.41) is 25.9. The summed E-state index contributed by atoms with van der Waals surface area (Å²) in [7, 11) is 0. The number of hydrogen-bond donors (Lipinski definition) is 4. The molecule has 0 aliphatic carbocycles. The number of aliphatic carboxylic acids is 1. The van der Waals surface area contributed by atoms with Crippen LogP contribution in [0.25, 0.3) is 0 Å². The van der Waals surface area contributed by atoms with Crippen molar-refractivity contribution in [2.24, 2.45) is 5.73 Å². The maximum absolute atomic E-state index is 10.7. The van der Waals surface area contributed by atoms with E-state index in [2.05, 4.69) is 0 Å². The van der Waals surface area contributed by atoms with Crippen LogP contribution in [0.4, 0.5) is 4.79 Å². The number of rotatable bonds is 6. The summed E-state index contributed by atoms with van der Waals surface area (Å²) in [6, 6.07) is -1.24. The van der Waals surface area contributed by atoms with Gasteiger partial charge >= 0.3 is 12.1 Å². The van der Waals surface area contributed by atoms with Crippen molar-refractivity contribution in [3.05, 3.63) is 0 Å². The van der Waals surface area contributed by atoms with Gasteiger partial charge in [0.2, 0.25) is 0 Å². The minimum absolute atomic E-state index is 0.0432. The molecule has 0 aromatic heterocycles. The molecule has 0 bridgehead atoms. The van der Waals surface area contributed by atoms with Crippen LogP contribution < -0.4 is 5.73 Å². The third-order valence-electron chi connectivity index (χ3n) is 1.68. The number of nitrogens with two attached hydrogens (primary N) is 1. The van der Waals surface area contributed by atoms with Crippen LogP contribution in [0.3, 0.4) is 0 Å². The van der Waals surface area contributed by atoms with Crippen LogP contribution in [-0.4, -0.2) is 58.0 Å². The normalized spacial score (nSPS) is 12.1. The second kappa shape index (κ2) is 6.17. The molecule has 0 saturated carbocycles. The van der Waals surface area contributed by atoms with Crippen molar-refractivity contribution in [1.82, 2.24) is 4.90 Å². The summed E-state index contributed by atoms with van der Waals surface area (Å²) in [5.41, 5.74) is 5.14. The Hall–Kier alpha value is -1.34. The van der Waals surface area contributed by atoms with Crippen LogP contribution in [0.1, 0.15) is 6.42 Å². The van der Waals surface area contributed by atoms with Crippen molar-refractivity contribution in [2.75, 3.05) is 19.7 Å². The van der Waals surface area contributed by atoms with Gasteiger partial charge in [-0.25, -0.2) is 9.59 Å². The molecule has 82 valence electrons. The number of hydrogen-bond acceptors (Lipinski definition) is 4. The van der Waals surface area contributed by atoms with E-state index in [0.717, 1.165) is 0 Å². The third kappa shape index (κ3) is 3.58. The maximum atomic E-state index is 10.7. The predicted molar refractivity (Wildman–Crippen MR) is 46.9 cm³/mol. The highest BCUT2D eigenvalue weighted by Crippen LogP contribution is 2.04. The van der Waals surface area contributed by atoms with Crippen molar-refractivity contribution in [3.63, 3.8) is 0 Å². The van der Waals surface area contributed by atoms with E-state index in [1.807, 2.05) is 0 Å². The largest absolute Gasteiger partial charge is 0.480 e. The monoisotopic (exact) mass is 206 g/mol. The highest BCUT2D eigenvalue weighted by Gasteiger charge is 2.28. The Morgan fingerprint density at radius 3 is 2.21 bits per heavy atom. The summed E-state index contributed by atoms with van der Waals surface area (Å²) in [6.07, 6.45) is -1.49. The van der Waals surface area contributed by atoms with Gasteiger partial charge in [0.15, 0.2) is 0 Å². The quantitative estimate of drug-likeness (QED) is 0.431. The van der Waals surface area contributed by atoms with Crippen molar-refractivity contribution in [2.45, 2.75) is 12.5 Å². The average molecular weight is 206 g/mol. The van der Waals surface area contributed by atoms with Crippen LogP contribution in [0.2, 0.25) is 0 Å². The second-order valence-corrected chi connectivity index (χ2v) is 2.63. The average Bonchev–Trinajstić information content (AvgIpc) is 2.10. The van der Waals surface area contributed by atoms with E-state index < -0.39 is 18.1 Å². The molecule has 5 N–H and O–H groups in total. The van der Waals surface area contributed by atoms with Crippen molar-refractivity contribution < 1.29 is 24.9 Å². The third-order valence-corrected chi connectivity index (χ3v) is 1.68. The molecule has 0 aliphatic rings. The topological polar surface area (TPSA) is 124 Å². The summed E-state index contributed by atoms with van der Waals surface area (Å²) < 4.78 is 0. The van der Waals surface area contributed by atoms with Crippen molar-refractivity contribution in [3.8, 4) is 0 Å². The second-order valence-electron chi connectivity index (χ2n) is 2.63. The highest BCUT2D eigenvalue weighted by atomic mass is 16.4. The fourth-order valence-corrected chi connectivity index (χ4v) is 1.06. The minimum Gasteiger partial charge on any atom is -0.480 e. The Kier molecular flexibility index (Phi) is 5.58. The molecule has 0 heterocycles. The Balaban J connectivity index is 4.54. The fourth-order valence-electron chi connectivity index (χ4n) is 1.06. The summed E-state index contributed by atoms with van der Waals surface area (Å²) in [6.45, 7) is -0.404. The van der Waals surface area contributed by atoms with E-state index in [1.165, 1.54) is 0 Å². The van der Waals surface area contributed by atoms with Crippen LogP contribution >= 0.6 is 0 Å². The first-order valence-corrected chi connectivity index (χ1v) is 4.07. The number of amides is 1. The lowest BCUT2D eigenvalue weighted by Crippen LogP contribution is -2.47. The van der Waals surface area contributed by atoms with Crippen LogP contribution in [0.15, 0.2) is 0 Å². The molecule has 14 heavy (non-hydrogen) atoms. The van der Waals surface area contributed by atoms with Gasteiger partial charge < -0.3 is 21.1 Å². The zero-order chi connectivity index (χ0) is 11.1. The van der Waals surface area contributed by atoms with Gasteiger partial charge in [0.25, 0.3) is 0 Å². The summed E-state index contributed by atoms with van der Waals surface area (Å²) in [4.78, 5) is 22.0. The standard InChI is InChI=1S/C7H14N2O5/c8-2-3-9(7(13)14)5(1-4-10)6(11)12/h5,10H,1-4,8H2,(H,11,12)(H,13,14). The minimum atomic E-state index is -1.35. The lowest BCUT2D eigenvalue weighted by atomic mass is 10.2. The van der Waals surface area contributed by atoms with Crippen molar-refractivity contribution >= 4 is 12.1 Å². The lowest BCUT2D eigenvalue weighted by Gasteiger charge is -2.24. The fraction of sp³-hybridized carbons (Fsp3) is 0.714. The zero-order valence-electron chi connectivity index (χ0n) is 7.59. The molecular formula is C7H14N2O5. The Labute approximate surface area is 80.7 Å². The van der Waals surface area contributed by atoms with E-state index in [1.54, 1.807) is 0 Å². The Morgan fingerprint density at radius 1 is 1.36 bits per heavy atom. The number of aliphatic hydroxyl groups is 1. The summed E-state index contributed by atoms with van der Waals surface area (Å²) >= 11 is 0. The zero-order valence-corrected chi connectivity index (χ0v) is 7.59. The molecule has 0 spiro atoms. The molecule has 7 nitrogen and oxygen atoms in total. The molecule has 1 atom stereocenters. The summed E-state index contributed by atoms with van der Waals surface area (Å²) in [5.74, 6) is -1.28. The smallest absolute Gasteiger partial charge is 0.408 e. The molecule has 0 saturated heterocycles. The molecule has 0 aliphatic heterocycles. The van der Waals surface area contributed by atoms with Gasteiger partial charge in [-0.1, -0.05) is 0 Å². The molecule has 0 aromatic rings. The first kappa shape index (κ1) is 12.7. The first-order valence-electron chi connectivity index (χ1n) is 4.07. The number of nitrogens with zero attached hydrogens (tertiary/aromatic N) is 1. The van der Waals surface area contributed by atoms with Gasteiger partial charge in [-0.05, 0) is 0 Å². The number of carboxylic acids is 1. The van der Waals surface area contributed by atoms with E-state index in [-0.39, 0.29) is 26.1 Å². The van der Waals surface area contributed by atoms with Gasteiger partial charge in [0.1, 0.15) is 6.04 Å². The first-order chi connectivity index (χ1) is 6.54. The SMILES string of the molecule is NCCN(C(=O)O)C(CCO)C(=O)O. The van der Waals surface area contributed by atoms with E-state index >= 15 is 0 Å². The van der Waals surface area contributed by atoms with E-state index in [0.29, 0.717) is 4.90 Å². The maximum Gasteiger partial charge on any atom is 0.408 e. The number of carbonyl (C=O) groups is 2. The van der Waals surface area contributed by atoms with Gasteiger partial charge in [0.05, 0.1) is 0 Å². The molecule has 0 aromatic carbocycles. The highest BCUT2D eigenvalue weighted by molar-refractivity contribution is 5.79. The van der Waals surface area contributed by atoms with Crippen LogP contribution in [0, 0.1) is 0 Å². The van der Waals surface area contributed by atoms with E-state index in [4.69, 9.17) is 21.1 Å². The molecule has 1 unspecified atom stereocenters. The molecule has 0 fully saturated rings. The number of aliphatic hydroxyl groups excluding tert-OH is 1. The van der Waals surface area contributed by atoms with E-state index in [9.17, 15) is 9.59 Å². The Bertz CT molecular complexity index is 186. The number of carboxylic acid groups (broad SMARTS) is 2. The molecule has 0 radical (unpaired) electrons. The molecule has 7 heteroatoms. The lowest BCUT2D eigenvalue weighted by molar-refractivity contribution is -0.143. The molecular weight excluding hydrogens is 192 g/mol. The van der Waals surface area contributed by atoms with Crippen LogP contribution in [0.5, 0.6) is 0 Å². The molecule has 1 amide bonds. The van der Waals surface area contributed by atoms with Gasteiger partial charge in [-0.2, -0.15) is 0 Å². The van der Waals surface area contributed by atoms with Gasteiger partial charge in [-0.15, -0.1) is 0 Å². The van der Waals surface area contributed by atoms with Crippen molar-refractivity contribution in [1.29, 1.82) is 0 Å². The molecule has 0 rings (SSSR count). The van der Waals surface area contributed by atoms with Gasteiger partial charge in [-0.3, -0.25) is 4.90 Å². The van der Waals surface area contributed by atoms with Crippen LogP contribution in [-0.2, 0) is 4.79 Å².